The second-order valence-corrected chi connectivity index (χ2v) is 9.27. The number of amides is 1. The second-order valence-electron chi connectivity index (χ2n) is 7.36. The molecule has 8 heteroatoms. The Kier molecular flexibility index (Phi) is 6.99. The SMILES string of the molecule is COc1ccc(/C=C/C(=O)NCc2cc(C)oc2C)cc1S(=O)(=O)N1CCCCC1. The van der Waals surface area contributed by atoms with Crippen LogP contribution in [0.2, 0.25) is 0 Å². The molecule has 1 saturated heterocycles. The van der Waals surface area contributed by atoms with Gasteiger partial charge in [0.1, 0.15) is 22.2 Å². The third kappa shape index (κ3) is 5.12. The number of hydrogen-bond acceptors (Lipinski definition) is 5. The van der Waals surface area contributed by atoms with Crippen molar-refractivity contribution in [1.29, 1.82) is 0 Å². The number of sulfonamides is 1. The highest BCUT2D eigenvalue weighted by molar-refractivity contribution is 7.89. The van der Waals surface area contributed by atoms with Gasteiger partial charge in [0.05, 0.1) is 7.11 Å². The number of hydrogen-bond donors (Lipinski definition) is 1. The molecule has 0 saturated carbocycles. The number of aryl methyl sites for hydroxylation is 2. The Morgan fingerprint density at radius 3 is 2.57 bits per heavy atom. The number of carbonyl (C=O) groups is 1. The minimum absolute atomic E-state index is 0.124. The van der Waals surface area contributed by atoms with Gasteiger partial charge in [0, 0.05) is 31.3 Å². The predicted octanol–water partition coefficient (Wildman–Crippen LogP) is 3.41. The number of piperidine rings is 1. The van der Waals surface area contributed by atoms with Gasteiger partial charge in [-0.1, -0.05) is 12.5 Å². The Balaban J connectivity index is 1.74. The summed E-state index contributed by atoms with van der Waals surface area (Å²) < 4.78 is 38.4. The molecule has 0 atom stereocenters. The van der Waals surface area contributed by atoms with E-state index in [1.165, 1.54) is 17.5 Å². The van der Waals surface area contributed by atoms with Crippen molar-refractivity contribution >= 4 is 22.0 Å². The van der Waals surface area contributed by atoms with Crippen molar-refractivity contribution in [3.63, 3.8) is 0 Å². The Hall–Kier alpha value is -2.58. The molecule has 162 valence electrons. The van der Waals surface area contributed by atoms with Crippen molar-refractivity contribution < 1.29 is 22.4 Å². The lowest BCUT2D eigenvalue weighted by Gasteiger charge is -2.26. The maximum absolute atomic E-state index is 13.1. The van der Waals surface area contributed by atoms with Crippen LogP contribution in [0.3, 0.4) is 0 Å². The van der Waals surface area contributed by atoms with E-state index in [-0.39, 0.29) is 10.8 Å². The molecule has 1 fully saturated rings. The number of rotatable bonds is 7. The van der Waals surface area contributed by atoms with E-state index in [0.717, 1.165) is 36.3 Å². The Labute approximate surface area is 177 Å². The van der Waals surface area contributed by atoms with E-state index in [9.17, 15) is 13.2 Å². The van der Waals surface area contributed by atoms with E-state index in [2.05, 4.69) is 5.32 Å². The van der Waals surface area contributed by atoms with Crippen LogP contribution < -0.4 is 10.1 Å². The summed E-state index contributed by atoms with van der Waals surface area (Å²) >= 11 is 0. The molecule has 1 aromatic carbocycles. The molecule has 1 amide bonds. The molecular weight excluding hydrogens is 404 g/mol. The van der Waals surface area contributed by atoms with Crippen molar-refractivity contribution in [2.24, 2.45) is 0 Å². The molecule has 1 N–H and O–H groups in total. The fraction of sp³-hybridized carbons (Fsp3) is 0.409. The summed E-state index contributed by atoms with van der Waals surface area (Å²) in [7, 11) is -2.20. The van der Waals surface area contributed by atoms with Gasteiger partial charge in [0.2, 0.25) is 15.9 Å². The molecule has 0 radical (unpaired) electrons. The molecule has 0 unspecified atom stereocenters. The molecule has 0 aliphatic carbocycles. The highest BCUT2D eigenvalue weighted by Crippen LogP contribution is 2.30. The van der Waals surface area contributed by atoms with Crippen LogP contribution in [0.25, 0.3) is 6.08 Å². The lowest BCUT2D eigenvalue weighted by Crippen LogP contribution is -2.35. The van der Waals surface area contributed by atoms with E-state index >= 15 is 0 Å². The van der Waals surface area contributed by atoms with E-state index in [0.29, 0.717) is 30.9 Å². The predicted molar refractivity (Wildman–Crippen MR) is 115 cm³/mol. The monoisotopic (exact) mass is 432 g/mol. The first-order valence-corrected chi connectivity index (χ1v) is 11.5. The molecule has 30 heavy (non-hydrogen) atoms. The molecule has 1 aliphatic heterocycles. The standard InChI is InChI=1S/C22H28N2O5S/c1-16-13-19(17(2)29-16)15-23-22(25)10-8-18-7-9-20(28-3)21(14-18)30(26,27)24-11-5-4-6-12-24/h7-10,13-14H,4-6,11-12,15H2,1-3H3,(H,23,25)/b10-8+. The normalized spacial score (nSPS) is 15.4. The fourth-order valence-corrected chi connectivity index (χ4v) is 5.22. The van der Waals surface area contributed by atoms with Crippen LogP contribution in [0.4, 0.5) is 0 Å². The summed E-state index contributed by atoms with van der Waals surface area (Å²) in [5.41, 5.74) is 1.53. The van der Waals surface area contributed by atoms with Crippen molar-refractivity contribution in [1.82, 2.24) is 9.62 Å². The Morgan fingerprint density at radius 2 is 1.93 bits per heavy atom. The second kappa shape index (κ2) is 9.49. The number of carbonyl (C=O) groups excluding carboxylic acids is 1. The van der Waals surface area contributed by atoms with E-state index in [4.69, 9.17) is 9.15 Å². The summed E-state index contributed by atoms with van der Waals surface area (Å²) in [5, 5.41) is 2.81. The summed E-state index contributed by atoms with van der Waals surface area (Å²) in [4.78, 5) is 12.3. The molecule has 2 aromatic rings. The van der Waals surface area contributed by atoms with E-state index in [1.54, 1.807) is 24.3 Å². The maximum atomic E-state index is 13.1. The number of methoxy groups -OCH3 is 1. The van der Waals surface area contributed by atoms with Crippen LogP contribution in [0.1, 0.15) is 41.9 Å². The quantitative estimate of drug-likeness (QED) is 0.678. The van der Waals surface area contributed by atoms with Gasteiger partial charge in [-0.3, -0.25) is 4.79 Å². The fourth-order valence-electron chi connectivity index (χ4n) is 3.52. The summed E-state index contributed by atoms with van der Waals surface area (Å²) in [6, 6.07) is 6.78. The largest absolute Gasteiger partial charge is 0.495 e. The Morgan fingerprint density at radius 1 is 1.20 bits per heavy atom. The third-order valence-corrected chi connectivity index (χ3v) is 7.06. The molecule has 0 spiro atoms. The number of nitrogens with zero attached hydrogens (tertiary/aromatic N) is 1. The first kappa shape index (κ1) is 22.1. The minimum Gasteiger partial charge on any atom is -0.495 e. The van der Waals surface area contributed by atoms with Crippen LogP contribution in [-0.4, -0.2) is 38.8 Å². The topological polar surface area (TPSA) is 88.8 Å². The Bertz CT molecular complexity index is 1030. The van der Waals surface area contributed by atoms with Crippen molar-refractivity contribution in [2.75, 3.05) is 20.2 Å². The van der Waals surface area contributed by atoms with Crippen LogP contribution in [0, 0.1) is 13.8 Å². The van der Waals surface area contributed by atoms with Gasteiger partial charge in [0.15, 0.2) is 0 Å². The van der Waals surface area contributed by atoms with Gasteiger partial charge < -0.3 is 14.5 Å². The van der Waals surface area contributed by atoms with E-state index in [1.807, 2.05) is 19.9 Å². The first-order chi connectivity index (χ1) is 14.3. The molecule has 3 rings (SSSR count). The first-order valence-electron chi connectivity index (χ1n) is 10.0. The lowest BCUT2D eigenvalue weighted by molar-refractivity contribution is -0.116. The average molecular weight is 433 g/mol. The van der Waals surface area contributed by atoms with Crippen molar-refractivity contribution in [2.45, 2.75) is 44.6 Å². The zero-order valence-electron chi connectivity index (χ0n) is 17.6. The van der Waals surface area contributed by atoms with Gasteiger partial charge in [-0.05, 0) is 56.5 Å². The molecule has 0 bridgehead atoms. The molecular formula is C22H28N2O5S. The molecule has 1 aliphatic rings. The minimum atomic E-state index is -3.65. The van der Waals surface area contributed by atoms with Gasteiger partial charge in [-0.15, -0.1) is 0 Å². The zero-order valence-corrected chi connectivity index (χ0v) is 18.4. The highest BCUT2D eigenvalue weighted by Gasteiger charge is 2.29. The average Bonchev–Trinajstić information content (AvgIpc) is 3.08. The van der Waals surface area contributed by atoms with Crippen molar-refractivity contribution in [3.05, 3.63) is 53.0 Å². The zero-order chi connectivity index (χ0) is 21.7. The smallest absolute Gasteiger partial charge is 0.246 e. The van der Waals surface area contributed by atoms with Gasteiger partial charge in [-0.2, -0.15) is 4.31 Å². The summed E-state index contributed by atoms with van der Waals surface area (Å²) in [6.07, 6.45) is 5.74. The van der Waals surface area contributed by atoms with Crippen LogP contribution in [0.5, 0.6) is 5.75 Å². The van der Waals surface area contributed by atoms with Crippen LogP contribution >= 0.6 is 0 Å². The third-order valence-electron chi connectivity index (χ3n) is 5.14. The van der Waals surface area contributed by atoms with E-state index < -0.39 is 10.0 Å². The highest BCUT2D eigenvalue weighted by atomic mass is 32.2. The lowest BCUT2D eigenvalue weighted by atomic mass is 10.2. The number of furan rings is 1. The molecule has 2 heterocycles. The summed E-state index contributed by atoms with van der Waals surface area (Å²) in [6.45, 7) is 5.11. The number of nitrogens with one attached hydrogen (secondary N) is 1. The van der Waals surface area contributed by atoms with Crippen molar-refractivity contribution in [3.8, 4) is 5.75 Å². The van der Waals surface area contributed by atoms with Crippen LogP contribution in [0.15, 0.2) is 39.7 Å². The summed E-state index contributed by atoms with van der Waals surface area (Å²) in [5.74, 6) is 1.60. The van der Waals surface area contributed by atoms with Crippen LogP contribution in [-0.2, 0) is 21.4 Å². The number of benzene rings is 1. The van der Waals surface area contributed by atoms with Gasteiger partial charge in [0.25, 0.3) is 0 Å². The van der Waals surface area contributed by atoms with Gasteiger partial charge >= 0.3 is 0 Å². The maximum Gasteiger partial charge on any atom is 0.246 e. The molecule has 7 nitrogen and oxygen atoms in total. The molecule has 1 aromatic heterocycles. The van der Waals surface area contributed by atoms with Gasteiger partial charge in [-0.25, -0.2) is 8.42 Å². The number of ether oxygens (including phenoxy) is 1.